The van der Waals surface area contributed by atoms with Crippen LogP contribution in [0.25, 0.3) is 44.0 Å². The topological polar surface area (TPSA) is 30.7 Å². The predicted molar refractivity (Wildman–Crippen MR) is 118 cm³/mol. The maximum atomic E-state index is 4.69. The maximum absolute atomic E-state index is 4.69. The Morgan fingerprint density at radius 2 is 1.57 bits per heavy atom. The molecule has 0 aliphatic carbocycles. The van der Waals surface area contributed by atoms with Gasteiger partial charge in [-0.3, -0.25) is 0 Å². The predicted octanol–water partition coefficient (Wildman–Crippen LogP) is 6.24. The SMILES string of the molecule is Cn1c2ccc3ccccc3c2c2ncnc(-c3ccc(C(C)(C)C)cc3)c21. The Kier molecular flexibility index (Phi) is 3.57. The zero-order valence-corrected chi connectivity index (χ0v) is 16.7. The van der Waals surface area contributed by atoms with Gasteiger partial charge in [-0.15, -0.1) is 0 Å². The summed E-state index contributed by atoms with van der Waals surface area (Å²) in [5.41, 5.74) is 6.84. The average Bonchev–Trinajstić information content (AvgIpc) is 3.00. The number of aromatic nitrogens is 3. The standard InChI is InChI=1S/C25H23N3/c1-25(2,3)18-12-9-17(10-13-18)22-24-23(27-15-26-22)21-19-8-6-5-7-16(19)11-14-20(21)28(24)4/h5-15H,1-4H3. The second-order valence-electron chi connectivity index (χ2n) is 8.49. The van der Waals surface area contributed by atoms with Gasteiger partial charge >= 0.3 is 0 Å². The molecule has 0 saturated carbocycles. The van der Waals surface area contributed by atoms with Gasteiger partial charge in [-0.25, -0.2) is 9.97 Å². The van der Waals surface area contributed by atoms with E-state index in [0.717, 1.165) is 22.3 Å². The first-order valence-corrected chi connectivity index (χ1v) is 9.67. The van der Waals surface area contributed by atoms with Crippen LogP contribution in [-0.4, -0.2) is 14.5 Å². The molecule has 3 heteroatoms. The van der Waals surface area contributed by atoms with Crippen LogP contribution in [0, 0.1) is 0 Å². The smallest absolute Gasteiger partial charge is 0.116 e. The summed E-state index contributed by atoms with van der Waals surface area (Å²) < 4.78 is 2.23. The first-order chi connectivity index (χ1) is 13.4. The lowest BCUT2D eigenvalue weighted by Crippen LogP contribution is -2.10. The molecule has 0 atom stereocenters. The molecular formula is C25H23N3. The second kappa shape index (κ2) is 5.90. The fraction of sp³-hybridized carbons (Fsp3) is 0.200. The van der Waals surface area contributed by atoms with E-state index in [4.69, 9.17) is 4.98 Å². The highest BCUT2D eigenvalue weighted by atomic mass is 15.0. The Bertz CT molecular complexity index is 1340. The first kappa shape index (κ1) is 16.9. The van der Waals surface area contributed by atoms with Crippen molar-refractivity contribution in [2.24, 2.45) is 7.05 Å². The van der Waals surface area contributed by atoms with Crippen LogP contribution in [0.5, 0.6) is 0 Å². The number of aryl methyl sites for hydroxylation is 1. The molecule has 0 radical (unpaired) electrons. The lowest BCUT2D eigenvalue weighted by molar-refractivity contribution is 0.590. The van der Waals surface area contributed by atoms with Crippen LogP contribution in [0.1, 0.15) is 26.3 Å². The van der Waals surface area contributed by atoms with Crippen LogP contribution in [0.15, 0.2) is 67.0 Å². The Labute approximate surface area is 164 Å². The molecule has 0 bridgehead atoms. The van der Waals surface area contributed by atoms with E-state index in [0.29, 0.717) is 0 Å². The van der Waals surface area contributed by atoms with Gasteiger partial charge in [-0.05, 0) is 27.8 Å². The highest BCUT2D eigenvalue weighted by Crippen LogP contribution is 2.36. The van der Waals surface area contributed by atoms with E-state index in [-0.39, 0.29) is 5.41 Å². The van der Waals surface area contributed by atoms with Crippen molar-refractivity contribution in [2.45, 2.75) is 26.2 Å². The molecule has 5 aromatic rings. The number of nitrogens with zero attached hydrogens (tertiary/aromatic N) is 3. The Hall–Kier alpha value is -3.20. The van der Waals surface area contributed by atoms with Crippen LogP contribution < -0.4 is 0 Å². The molecule has 0 fully saturated rings. The molecule has 2 heterocycles. The molecule has 3 aromatic carbocycles. The van der Waals surface area contributed by atoms with E-state index in [1.807, 2.05) is 0 Å². The van der Waals surface area contributed by atoms with E-state index < -0.39 is 0 Å². The van der Waals surface area contributed by atoms with Gasteiger partial charge in [0.25, 0.3) is 0 Å². The quantitative estimate of drug-likeness (QED) is 0.352. The normalized spacial score (nSPS) is 12.3. The molecule has 0 unspecified atom stereocenters. The number of fused-ring (bicyclic) bond motifs is 5. The van der Waals surface area contributed by atoms with Crippen molar-refractivity contribution in [3.63, 3.8) is 0 Å². The zero-order valence-electron chi connectivity index (χ0n) is 16.7. The first-order valence-electron chi connectivity index (χ1n) is 9.67. The van der Waals surface area contributed by atoms with Gasteiger partial charge in [-0.1, -0.05) is 75.4 Å². The molecule has 3 nitrogen and oxygen atoms in total. The van der Waals surface area contributed by atoms with Gasteiger partial charge in [0.05, 0.1) is 16.7 Å². The van der Waals surface area contributed by atoms with Crippen LogP contribution in [0.2, 0.25) is 0 Å². The summed E-state index contributed by atoms with van der Waals surface area (Å²) in [7, 11) is 2.11. The molecule has 0 aliphatic heterocycles. The molecule has 138 valence electrons. The van der Waals surface area contributed by atoms with Crippen LogP contribution in [0.3, 0.4) is 0 Å². The molecule has 0 saturated heterocycles. The van der Waals surface area contributed by atoms with Crippen molar-refractivity contribution in [1.29, 1.82) is 0 Å². The van der Waals surface area contributed by atoms with E-state index in [1.165, 1.54) is 27.2 Å². The fourth-order valence-electron chi connectivity index (χ4n) is 4.13. The van der Waals surface area contributed by atoms with E-state index >= 15 is 0 Å². The van der Waals surface area contributed by atoms with Crippen molar-refractivity contribution in [2.75, 3.05) is 0 Å². The lowest BCUT2D eigenvalue weighted by Gasteiger charge is -2.19. The van der Waals surface area contributed by atoms with Crippen LogP contribution >= 0.6 is 0 Å². The minimum absolute atomic E-state index is 0.137. The molecular weight excluding hydrogens is 342 g/mol. The van der Waals surface area contributed by atoms with Crippen LogP contribution in [0.4, 0.5) is 0 Å². The number of benzene rings is 3. The van der Waals surface area contributed by atoms with E-state index in [1.54, 1.807) is 6.33 Å². The molecule has 2 aromatic heterocycles. The summed E-state index contributed by atoms with van der Waals surface area (Å²) in [5.74, 6) is 0. The second-order valence-corrected chi connectivity index (χ2v) is 8.49. The van der Waals surface area contributed by atoms with Crippen molar-refractivity contribution in [1.82, 2.24) is 14.5 Å². The third kappa shape index (κ3) is 2.43. The largest absolute Gasteiger partial charge is 0.340 e. The number of hydrogen-bond donors (Lipinski definition) is 0. The van der Waals surface area contributed by atoms with Crippen molar-refractivity contribution in [3.05, 3.63) is 72.6 Å². The van der Waals surface area contributed by atoms with Crippen molar-refractivity contribution in [3.8, 4) is 11.3 Å². The van der Waals surface area contributed by atoms with Gasteiger partial charge in [-0.2, -0.15) is 0 Å². The molecule has 0 N–H and O–H groups in total. The molecule has 0 aliphatic rings. The Morgan fingerprint density at radius 3 is 2.32 bits per heavy atom. The van der Waals surface area contributed by atoms with E-state index in [2.05, 4.69) is 98.0 Å². The summed E-state index contributed by atoms with van der Waals surface area (Å²) in [6, 6.07) is 21.6. The summed E-state index contributed by atoms with van der Waals surface area (Å²) in [4.78, 5) is 9.36. The molecule has 0 amide bonds. The van der Waals surface area contributed by atoms with Crippen LogP contribution in [-0.2, 0) is 12.5 Å². The number of hydrogen-bond acceptors (Lipinski definition) is 2. The summed E-state index contributed by atoms with van der Waals surface area (Å²) in [6.07, 6.45) is 1.69. The zero-order chi connectivity index (χ0) is 19.5. The summed E-state index contributed by atoms with van der Waals surface area (Å²) >= 11 is 0. The Balaban J connectivity index is 1.83. The molecule has 5 rings (SSSR count). The third-order valence-corrected chi connectivity index (χ3v) is 5.69. The third-order valence-electron chi connectivity index (χ3n) is 5.69. The lowest BCUT2D eigenvalue weighted by atomic mass is 9.86. The molecule has 28 heavy (non-hydrogen) atoms. The Morgan fingerprint density at radius 1 is 0.821 bits per heavy atom. The number of rotatable bonds is 1. The van der Waals surface area contributed by atoms with Gasteiger partial charge in [0, 0.05) is 18.0 Å². The van der Waals surface area contributed by atoms with E-state index in [9.17, 15) is 0 Å². The summed E-state index contributed by atoms with van der Waals surface area (Å²) in [6.45, 7) is 6.71. The maximum Gasteiger partial charge on any atom is 0.116 e. The highest BCUT2D eigenvalue weighted by Gasteiger charge is 2.18. The van der Waals surface area contributed by atoms with Crippen molar-refractivity contribution >= 4 is 32.7 Å². The fourth-order valence-corrected chi connectivity index (χ4v) is 4.13. The van der Waals surface area contributed by atoms with Crippen molar-refractivity contribution < 1.29 is 0 Å². The van der Waals surface area contributed by atoms with Gasteiger partial charge in [0.2, 0.25) is 0 Å². The highest BCUT2D eigenvalue weighted by molar-refractivity contribution is 6.20. The monoisotopic (exact) mass is 365 g/mol. The van der Waals surface area contributed by atoms with Gasteiger partial charge in [0.1, 0.15) is 11.8 Å². The molecule has 0 spiro atoms. The van der Waals surface area contributed by atoms with Gasteiger partial charge in [0.15, 0.2) is 0 Å². The summed E-state index contributed by atoms with van der Waals surface area (Å²) in [5, 5.41) is 3.67. The minimum Gasteiger partial charge on any atom is -0.340 e. The minimum atomic E-state index is 0.137. The average molecular weight is 365 g/mol. The van der Waals surface area contributed by atoms with Gasteiger partial charge < -0.3 is 4.57 Å².